The van der Waals surface area contributed by atoms with Gasteiger partial charge in [-0.1, -0.05) is 35.3 Å². The molecule has 1 aromatic carbocycles. The molecule has 1 fully saturated rings. The number of thiophene rings is 1. The summed E-state index contributed by atoms with van der Waals surface area (Å²) in [5, 5.41) is 4.10. The summed E-state index contributed by atoms with van der Waals surface area (Å²) in [6, 6.07) is 6.20. The molecule has 1 aliphatic carbocycles. The van der Waals surface area contributed by atoms with Gasteiger partial charge in [0.1, 0.15) is 4.88 Å². The van der Waals surface area contributed by atoms with E-state index in [1.54, 1.807) is 0 Å². The van der Waals surface area contributed by atoms with Gasteiger partial charge in [0.05, 0.1) is 5.69 Å². The Bertz CT molecular complexity index is 667. The second-order valence-corrected chi connectivity index (χ2v) is 7.44. The first-order valence-corrected chi connectivity index (χ1v) is 8.45. The van der Waals surface area contributed by atoms with Gasteiger partial charge < -0.3 is 11.1 Å². The van der Waals surface area contributed by atoms with E-state index in [1.807, 2.05) is 18.2 Å². The maximum atomic E-state index is 12.4. The number of nitrogen functional groups attached to an aromatic ring is 1. The molecule has 1 heterocycles. The van der Waals surface area contributed by atoms with Crippen LogP contribution in [0.15, 0.2) is 22.7 Å². The van der Waals surface area contributed by atoms with Crippen LogP contribution < -0.4 is 11.1 Å². The van der Waals surface area contributed by atoms with Crippen molar-refractivity contribution in [3.05, 3.63) is 27.5 Å². The van der Waals surface area contributed by atoms with E-state index in [9.17, 15) is 4.79 Å². The SMILES string of the molecule is CC1CCCC1NC(=O)c1sc2cc(Br)ccc2c1N. The second-order valence-electron chi connectivity index (χ2n) is 5.47. The number of hydrogen-bond acceptors (Lipinski definition) is 3. The van der Waals surface area contributed by atoms with E-state index in [1.165, 1.54) is 24.2 Å². The molecule has 1 amide bonds. The van der Waals surface area contributed by atoms with Gasteiger partial charge >= 0.3 is 0 Å². The van der Waals surface area contributed by atoms with E-state index in [0.717, 1.165) is 21.0 Å². The second kappa shape index (κ2) is 5.37. The van der Waals surface area contributed by atoms with Crippen LogP contribution in [0.4, 0.5) is 5.69 Å². The maximum Gasteiger partial charge on any atom is 0.263 e. The van der Waals surface area contributed by atoms with Gasteiger partial charge in [-0.3, -0.25) is 4.79 Å². The molecule has 5 heteroatoms. The number of carbonyl (C=O) groups is 1. The first kappa shape index (κ1) is 13.9. The molecular weight excluding hydrogens is 336 g/mol. The van der Waals surface area contributed by atoms with Crippen LogP contribution in [0, 0.1) is 5.92 Å². The molecule has 0 saturated heterocycles. The summed E-state index contributed by atoms with van der Waals surface area (Å²) in [6.07, 6.45) is 3.46. The molecule has 106 valence electrons. The average Bonchev–Trinajstić information content (AvgIpc) is 2.94. The monoisotopic (exact) mass is 352 g/mol. The largest absolute Gasteiger partial charge is 0.397 e. The molecule has 0 radical (unpaired) electrons. The highest BCUT2D eigenvalue weighted by Crippen LogP contribution is 2.35. The fourth-order valence-electron chi connectivity index (χ4n) is 2.85. The van der Waals surface area contributed by atoms with E-state index in [2.05, 4.69) is 28.2 Å². The lowest BCUT2D eigenvalue weighted by Gasteiger charge is -2.16. The molecule has 0 spiro atoms. The average molecular weight is 353 g/mol. The van der Waals surface area contributed by atoms with Gasteiger partial charge in [0.2, 0.25) is 0 Å². The van der Waals surface area contributed by atoms with Crippen molar-refractivity contribution in [2.24, 2.45) is 5.92 Å². The Labute approximate surface area is 130 Å². The number of benzene rings is 1. The lowest BCUT2D eigenvalue weighted by Crippen LogP contribution is -2.36. The summed E-state index contributed by atoms with van der Waals surface area (Å²) in [5.41, 5.74) is 6.73. The van der Waals surface area contributed by atoms with Crippen LogP contribution >= 0.6 is 27.3 Å². The van der Waals surface area contributed by atoms with Gasteiger partial charge in [-0.15, -0.1) is 11.3 Å². The zero-order chi connectivity index (χ0) is 14.3. The van der Waals surface area contributed by atoms with Crippen LogP contribution in [0.5, 0.6) is 0 Å². The molecule has 3 N–H and O–H groups in total. The highest BCUT2D eigenvalue weighted by molar-refractivity contribution is 9.10. The summed E-state index contributed by atoms with van der Waals surface area (Å²) in [6.45, 7) is 2.20. The standard InChI is InChI=1S/C15H17BrN2OS/c1-8-3-2-4-11(8)18-15(19)14-13(17)10-6-5-9(16)7-12(10)20-14/h5-8,11H,2-4,17H2,1H3,(H,18,19). The molecule has 3 rings (SSSR count). The van der Waals surface area contributed by atoms with Crippen LogP contribution in [0.3, 0.4) is 0 Å². The van der Waals surface area contributed by atoms with Crippen molar-refractivity contribution >= 4 is 48.9 Å². The Hall–Kier alpha value is -1.07. The molecule has 1 aromatic heterocycles. The minimum absolute atomic E-state index is 0.0291. The Kier molecular flexibility index (Phi) is 3.73. The number of halogens is 1. The number of nitrogens with two attached hydrogens (primary N) is 1. The third-order valence-electron chi connectivity index (χ3n) is 4.07. The first-order valence-electron chi connectivity index (χ1n) is 6.84. The maximum absolute atomic E-state index is 12.4. The number of anilines is 1. The third-order valence-corrected chi connectivity index (χ3v) is 5.74. The Morgan fingerprint density at radius 1 is 1.45 bits per heavy atom. The number of carbonyl (C=O) groups excluding carboxylic acids is 1. The van der Waals surface area contributed by atoms with E-state index >= 15 is 0 Å². The lowest BCUT2D eigenvalue weighted by molar-refractivity contribution is 0.0934. The van der Waals surface area contributed by atoms with Gasteiger partial charge in [-0.2, -0.15) is 0 Å². The van der Waals surface area contributed by atoms with Gasteiger partial charge in [0, 0.05) is 20.6 Å². The summed E-state index contributed by atoms with van der Waals surface area (Å²) in [5.74, 6) is 0.530. The minimum Gasteiger partial charge on any atom is -0.397 e. The number of hydrogen-bond donors (Lipinski definition) is 2. The van der Waals surface area contributed by atoms with Gasteiger partial charge in [-0.25, -0.2) is 0 Å². The third kappa shape index (κ3) is 2.44. The predicted molar refractivity (Wildman–Crippen MR) is 88.2 cm³/mol. The van der Waals surface area contributed by atoms with E-state index in [0.29, 0.717) is 22.5 Å². The van der Waals surface area contributed by atoms with E-state index < -0.39 is 0 Å². The molecule has 1 saturated carbocycles. The predicted octanol–water partition coefficient (Wildman–Crippen LogP) is 4.16. The summed E-state index contributed by atoms with van der Waals surface area (Å²) >= 11 is 4.91. The van der Waals surface area contributed by atoms with Gasteiger partial charge in [0.15, 0.2) is 0 Å². The minimum atomic E-state index is -0.0291. The van der Waals surface area contributed by atoms with Crippen LogP contribution in [-0.4, -0.2) is 11.9 Å². The molecule has 0 aliphatic heterocycles. The zero-order valence-electron chi connectivity index (χ0n) is 11.3. The van der Waals surface area contributed by atoms with Crippen molar-refractivity contribution in [1.82, 2.24) is 5.32 Å². The highest BCUT2D eigenvalue weighted by Gasteiger charge is 2.26. The van der Waals surface area contributed by atoms with Crippen LogP contribution in [0.25, 0.3) is 10.1 Å². The first-order chi connectivity index (χ1) is 9.56. The molecule has 2 unspecified atom stereocenters. The van der Waals surface area contributed by atoms with Crippen molar-refractivity contribution < 1.29 is 4.79 Å². The van der Waals surface area contributed by atoms with Crippen molar-refractivity contribution in [3.8, 4) is 0 Å². The summed E-state index contributed by atoms with van der Waals surface area (Å²) < 4.78 is 2.05. The number of fused-ring (bicyclic) bond motifs is 1. The zero-order valence-corrected chi connectivity index (χ0v) is 13.7. The van der Waals surface area contributed by atoms with Crippen molar-refractivity contribution in [2.75, 3.05) is 5.73 Å². The molecule has 0 bridgehead atoms. The number of rotatable bonds is 2. The lowest BCUT2D eigenvalue weighted by atomic mass is 10.1. The van der Waals surface area contributed by atoms with E-state index in [-0.39, 0.29) is 5.91 Å². The normalized spacial score (nSPS) is 22.3. The number of nitrogens with one attached hydrogen (secondary N) is 1. The quantitative estimate of drug-likeness (QED) is 0.852. The van der Waals surface area contributed by atoms with Crippen molar-refractivity contribution in [2.45, 2.75) is 32.2 Å². The van der Waals surface area contributed by atoms with Crippen LogP contribution in [-0.2, 0) is 0 Å². The summed E-state index contributed by atoms with van der Waals surface area (Å²) in [7, 11) is 0. The molecule has 2 aromatic rings. The number of amides is 1. The Morgan fingerprint density at radius 2 is 2.25 bits per heavy atom. The molecule has 20 heavy (non-hydrogen) atoms. The van der Waals surface area contributed by atoms with Crippen molar-refractivity contribution in [3.63, 3.8) is 0 Å². The van der Waals surface area contributed by atoms with Crippen LogP contribution in [0.2, 0.25) is 0 Å². The topological polar surface area (TPSA) is 55.1 Å². The fraction of sp³-hybridized carbons (Fsp3) is 0.400. The molecular formula is C15H17BrN2OS. The smallest absolute Gasteiger partial charge is 0.263 e. The molecule has 1 aliphatic rings. The fourth-order valence-corrected chi connectivity index (χ4v) is 4.43. The Balaban J connectivity index is 1.89. The Morgan fingerprint density at radius 3 is 2.95 bits per heavy atom. The molecule has 3 nitrogen and oxygen atoms in total. The summed E-state index contributed by atoms with van der Waals surface area (Å²) in [4.78, 5) is 13.1. The van der Waals surface area contributed by atoms with Gasteiger partial charge in [0.25, 0.3) is 5.91 Å². The van der Waals surface area contributed by atoms with Gasteiger partial charge in [-0.05, 0) is 30.9 Å². The molecule has 2 atom stereocenters. The van der Waals surface area contributed by atoms with E-state index in [4.69, 9.17) is 5.73 Å². The van der Waals surface area contributed by atoms with Crippen molar-refractivity contribution in [1.29, 1.82) is 0 Å². The van der Waals surface area contributed by atoms with Crippen LogP contribution in [0.1, 0.15) is 35.9 Å². The highest BCUT2D eigenvalue weighted by atomic mass is 79.9.